The van der Waals surface area contributed by atoms with Gasteiger partial charge in [0.2, 0.25) is 11.8 Å². The highest BCUT2D eigenvalue weighted by molar-refractivity contribution is 5.97. The highest BCUT2D eigenvalue weighted by Crippen LogP contribution is 2.25. The minimum Gasteiger partial charge on any atom is -0.496 e. The molecule has 0 saturated carbocycles. The molecule has 0 spiro atoms. The van der Waals surface area contributed by atoms with Gasteiger partial charge in [0.15, 0.2) is 0 Å². The maximum atomic E-state index is 12.9. The van der Waals surface area contributed by atoms with Gasteiger partial charge in [0.1, 0.15) is 11.8 Å². The van der Waals surface area contributed by atoms with Crippen LogP contribution in [0.3, 0.4) is 0 Å². The quantitative estimate of drug-likeness (QED) is 0.869. The van der Waals surface area contributed by atoms with Crippen LogP contribution in [-0.2, 0) is 9.59 Å². The first-order valence-electron chi connectivity index (χ1n) is 8.93. The largest absolute Gasteiger partial charge is 0.496 e. The number of ether oxygens (including phenoxy) is 1. The number of nitrogens with one attached hydrogen (secondary N) is 1. The van der Waals surface area contributed by atoms with E-state index < -0.39 is 6.04 Å². The number of carbonyl (C=O) groups excluding carboxylic acids is 3. The van der Waals surface area contributed by atoms with Crippen LogP contribution in [0.2, 0.25) is 0 Å². The Hall–Kier alpha value is -2.57. The lowest BCUT2D eigenvalue weighted by atomic mass is 10.0. The van der Waals surface area contributed by atoms with Gasteiger partial charge in [-0.1, -0.05) is 0 Å². The molecule has 7 nitrogen and oxygen atoms in total. The van der Waals surface area contributed by atoms with Gasteiger partial charge >= 0.3 is 0 Å². The highest BCUT2D eigenvalue weighted by Gasteiger charge is 2.33. The first-order chi connectivity index (χ1) is 12.4. The molecule has 0 aromatic heterocycles. The molecule has 0 bridgehead atoms. The summed E-state index contributed by atoms with van der Waals surface area (Å²) < 4.78 is 5.38. The zero-order chi connectivity index (χ0) is 18.8. The van der Waals surface area contributed by atoms with Crippen molar-refractivity contribution in [2.24, 2.45) is 0 Å². The van der Waals surface area contributed by atoms with Crippen LogP contribution in [0.25, 0.3) is 0 Å². The smallest absolute Gasteiger partial charge is 0.257 e. The summed E-state index contributed by atoms with van der Waals surface area (Å²) in [6, 6.07) is 3.33. The third kappa shape index (κ3) is 3.52. The summed E-state index contributed by atoms with van der Waals surface area (Å²) in [5.41, 5.74) is 2.67. The van der Waals surface area contributed by atoms with Gasteiger partial charge in [0.25, 0.3) is 5.91 Å². The third-order valence-electron chi connectivity index (χ3n) is 5.22. The second-order valence-electron chi connectivity index (χ2n) is 6.91. The fraction of sp³-hybridized carbons (Fsp3) is 0.526. The molecule has 1 N–H and O–H groups in total. The topological polar surface area (TPSA) is 79.0 Å². The first-order valence-corrected chi connectivity index (χ1v) is 8.93. The molecule has 2 saturated heterocycles. The van der Waals surface area contributed by atoms with Crippen molar-refractivity contribution in [2.45, 2.75) is 32.7 Å². The lowest BCUT2D eigenvalue weighted by Crippen LogP contribution is -2.54. The maximum absolute atomic E-state index is 12.9. The number of rotatable bonds is 3. The Balaban J connectivity index is 1.65. The van der Waals surface area contributed by atoms with Crippen LogP contribution in [0.5, 0.6) is 5.75 Å². The molecule has 2 aliphatic rings. The van der Waals surface area contributed by atoms with Gasteiger partial charge in [-0.05, 0) is 43.5 Å². The third-order valence-corrected chi connectivity index (χ3v) is 5.22. The van der Waals surface area contributed by atoms with Gasteiger partial charge in [-0.3, -0.25) is 14.4 Å². The molecule has 1 unspecified atom stereocenters. The molecule has 1 aromatic carbocycles. The van der Waals surface area contributed by atoms with E-state index in [9.17, 15) is 14.4 Å². The fourth-order valence-corrected chi connectivity index (χ4v) is 3.45. The number of piperazine rings is 1. The molecule has 1 atom stereocenters. The standard InChI is InChI=1S/C19H25N3O4/c1-12-10-14(16(26-3)11-13(12)2)18(24)21-6-8-22(9-7-21)19(25)15-4-5-17(23)20-15/h10-11,15H,4-9H2,1-3H3,(H,20,23). The predicted molar refractivity (Wildman–Crippen MR) is 96.1 cm³/mol. The number of amides is 3. The normalized spacial score (nSPS) is 20.1. The Morgan fingerprint density at radius 2 is 1.69 bits per heavy atom. The molecule has 2 fully saturated rings. The molecular formula is C19H25N3O4. The molecule has 0 radical (unpaired) electrons. The molecule has 2 heterocycles. The zero-order valence-electron chi connectivity index (χ0n) is 15.5. The summed E-state index contributed by atoms with van der Waals surface area (Å²) in [7, 11) is 1.56. The molecule has 2 aliphatic heterocycles. The van der Waals surface area contributed by atoms with Crippen LogP contribution in [0, 0.1) is 13.8 Å². The molecule has 0 aliphatic carbocycles. The molecule has 26 heavy (non-hydrogen) atoms. The summed E-state index contributed by atoms with van der Waals surface area (Å²) >= 11 is 0. The number of benzene rings is 1. The van der Waals surface area contributed by atoms with Crippen molar-refractivity contribution >= 4 is 17.7 Å². The minimum absolute atomic E-state index is 0.0493. The van der Waals surface area contributed by atoms with Gasteiger partial charge in [0, 0.05) is 32.6 Å². The zero-order valence-corrected chi connectivity index (χ0v) is 15.5. The second-order valence-corrected chi connectivity index (χ2v) is 6.91. The van der Waals surface area contributed by atoms with Crippen molar-refractivity contribution in [2.75, 3.05) is 33.3 Å². The highest BCUT2D eigenvalue weighted by atomic mass is 16.5. The number of methoxy groups -OCH3 is 1. The van der Waals surface area contributed by atoms with Crippen molar-refractivity contribution in [3.05, 3.63) is 28.8 Å². The SMILES string of the molecule is COc1cc(C)c(C)cc1C(=O)N1CCN(C(=O)C2CCC(=O)N2)CC1. The monoisotopic (exact) mass is 359 g/mol. The van der Waals surface area contributed by atoms with Crippen molar-refractivity contribution in [1.29, 1.82) is 0 Å². The van der Waals surface area contributed by atoms with Crippen LogP contribution in [0.15, 0.2) is 12.1 Å². The van der Waals surface area contributed by atoms with E-state index in [0.717, 1.165) is 11.1 Å². The number of nitrogens with zero attached hydrogens (tertiary/aromatic N) is 2. The Bertz CT molecular complexity index is 739. The average Bonchev–Trinajstić information content (AvgIpc) is 3.09. The molecule has 1 aromatic rings. The van der Waals surface area contributed by atoms with E-state index in [-0.39, 0.29) is 17.7 Å². The minimum atomic E-state index is -0.412. The first kappa shape index (κ1) is 18.2. The van der Waals surface area contributed by atoms with Gasteiger partial charge < -0.3 is 19.9 Å². The van der Waals surface area contributed by atoms with E-state index >= 15 is 0 Å². The van der Waals surface area contributed by atoms with Crippen molar-refractivity contribution in [1.82, 2.24) is 15.1 Å². The molecule has 3 amide bonds. The summed E-state index contributed by atoms with van der Waals surface area (Å²) in [5.74, 6) is 0.377. The lowest BCUT2D eigenvalue weighted by molar-refractivity contribution is -0.135. The van der Waals surface area contributed by atoms with E-state index in [1.165, 1.54) is 0 Å². The van der Waals surface area contributed by atoms with Crippen LogP contribution in [-0.4, -0.2) is 66.9 Å². The van der Waals surface area contributed by atoms with E-state index in [1.54, 1.807) is 16.9 Å². The van der Waals surface area contributed by atoms with Crippen LogP contribution < -0.4 is 10.1 Å². The van der Waals surface area contributed by atoms with Crippen molar-refractivity contribution < 1.29 is 19.1 Å². The van der Waals surface area contributed by atoms with Gasteiger partial charge in [-0.15, -0.1) is 0 Å². The van der Waals surface area contributed by atoms with Crippen LogP contribution in [0.4, 0.5) is 0 Å². The van der Waals surface area contributed by atoms with Gasteiger partial charge in [-0.2, -0.15) is 0 Å². The van der Waals surface area contributed by atoms with Crippen LogP contribution in [0.1, 0.15) is 34.3 Å². The van der Waals surface area contributed by atoms with E-state index in [2.05, 4.69) is 5.32 Å². The van der Waals surface area contributed by atoms with Crippen molar-refractivity contribution in [3.8, 4) is 5.75 Å². The Kier molecular flexibility index (Phi) is 5.15. The number of hydrogen-bond donors (Lipinski definition) is 1. The summed E-state index contributed by atoms with van der Waals surface area (Å²) in [6.45, 7) is 5.85. The summed E-state index contributed by atoms with van der Waals surface area (Å²) in [6.07, 6.45) is 0.956. The van der Waals surface area contributed by atoms with E-state index in [4.69, 9.17) is 4.74 Å². The lowest BCUT2D eigenvalue weighted by Gasteiger charge is -2.36. The molecule has 140 valence electrons. The Morgan fingerprint density at radius 3 is 2.27 bits per heavy atom. The fourth-order valence-electron chi connectivity index (χ4n) is 3.45. The summed E-state index contributed by atoms with van der Waals surface area (Å²) in [5, 5.41) is 2.71. The average molecular weight is 359 g/mol. The predicted octanol–water partition coefficient (Wildman–Crippen LogP) is 0.875. The molecule has 3 rings (SSSR count). The van der Waals surface area contributed by atoms with Gasteiger partial charge in [-0.25, -0.2) is 0 Å². The molecule has 7 heteroatoms. The van der Waals surface area contributed by atoms with E-state index in [1.807, 2.05) is 26.0 Å². The summed E-state index contributed by atoms with van der Waals surface area (Å²) in [4.78, 5) is 40.2. The number of carbonyl (C=O) groups is 3. The van der Waals surface area contributed by atoms with E-state index in [0.29, 0.717) is 50.3 Å². The van der Waals surface area contributed by atoms with Crippen molar-refractivity contribution in [3.63, 3.8) is 0 Å². The van der Waals surface area contributed by atoms with Crippen LogP contribution >= 0.6 is 0 Å². The Labute approximate surface area is 153 Å². The number of aryl methyl sites for hydroxylation is 2. The van der Waals surface area contributed by atoms with Gasteiger partial charge in [0.05, 0.1) is 12.7 Å². The number of hydrogen-bond acceptors (Lipinski definition) is 4. The second kappa shape index (κ2) is 7.35. The molecular weight excluding hydrogens is 334 g/mol. The maximum Gasteiger partial charge on any atom is 0.257 e. The Morgan fingerprint density at radius 1 is 1.08 bits per heavy atom.